The lowest BCUT2D eigenvalue weighted by Crippen LogP contribution is -2.49. The number of aromatic nitrogens is 1. The van der Waals surface area contributed by atoms with E-state index in [0.29, 0.717) is 26.2 Å². The van der Waals surface area contributed by atoms with Crippen molar-refractivity contribution in [2.75, 3.05) is 37.6 Å². The quantitative estimate of drug-likeness (QED) is 0.756. The molecule has 1 aliphatic heterocycles. The molecule has 2 rings (SSSR count). The van der Waals surface area contributed by atoms with Crippen molar-refractivity contribution in [2.45, 2.75) is 6.18 Å². The molecule has 0 radical (unpaired) electrons. The number of rotatable bonds is 2. The first-order valence-electron chi connectivity index (χ1n) is 5.70. The highest BCUT2D eigenvalue weighted by molar-refractivity contribution is 9.11. The Hall–Kier alpha value is -0.340. The molecule has 0 spiro atoms. The van der Waals surface area contributed by atoms with E-state index in [9.17, 15) is 13.2 Å². The van der Waals surface area contributed by atoms with Crippen LogP contribution in [0.3, 0.4) is 0 Å². The number of pyridine rings is 1. The van der Waals surface area contributed by atoms with Crippen LogP contribution in [0.4, 0.5) is 19.0 Å². The van der Waals surface area contributed by atoms with E-state index in [1.165, 1.54) is 4.90 Å². The van der Waals surface area contributed by atoms with Crippen molar-refractivity contribution in [2.24, 2.45) is 0 Å². The standard InChI is InChI=1S/C11H12Br2F3N3/c12-8-5-9(13)10(17-6-8)19-3-1-18(2-4-19)7-11(14,15)16/h5-6H,1-4,7H2. The summed E-state index contributed by atoms with van der Waals surface area (Å²) in [7, 11) is 0. The second-order valence-electron chi connectivity index (χ2n) is 4.34. The summed E-state index contributed by atoms with van der Waals surface area (Å²) in [5.41, 5.74) is 0. The molecule has 0 saturated carbocycles. The van der Waals surface area contributed by atoms with Gasteiger partial charge in [-0.25, -0.2) is 4.98 Å². The van der Waals surface area contributed by atoms with E-state index in [-0.39, 0.29) is 0 Å². The maximum atomic E-state index is 12.3. The number of halogens is 5. The van der Waals surface area contributed by atoms with Crippen molar-refractivity contribution in [3.05, 3.63) is 21.2 Å². The molecule has 8 heteroatoms. The molecular weight excluding hydrogens is 391 g/mol. The SMILES string of the molecule is FC(F)(F)CN1CCN(c2ncc(Br)cc2Br)CC1. The van der Waals surface area contributed by atoms with Gasteiger partial charge in [-0.3, -0.25) is 4.90 Å². The van der Waals surface area contributed by atoms with E-state index < -0.39 is 12.7 Å². The highest BCUT2D eigenvalue weighted by Gasteiger charge is 2.32. The number of piperazine rings is 1. The van der Waals surface area contributed by atoms with E-state index in [0.717, 1.165) is 14.8 Å². The molecule has 1 aromatic heterocycles. The van der Waals surface area contributed by atoms with Gasteiger partial charge in [-0.05, 0) is 37.9 Å². The van der Waals surface area contributed by atoms with Crippen LogP contribution in [0.25, 0.3) is 0 Å². The Morgan fingerprint density at radius 3 is 2.32 bits per heavy atom. The van der Waals surface area contributed by atoms with Crippen LogP contribution >= 0.6 is 31.9 Å². The van der Waals surface area contributed by atoms with Crippen molar-refractivity contribution in [3.63, 3.8) is 0 Å². The summed E-state index contributed by atoms with van der Waals surface area (Å²) in [5, 5.41) is 0. The maximum absolute atomic E-state index is 12.3. The molecule has 0 N–H and O–H groups in total. The molecule has 19 heavy (non-hydrogen) atoms. The van der Waals surface area contributed by atoms with Crippen molar-refractivity contribution < 1.29 is 13.2 Å². The Kier molecular flexibility index (Phi) is 4.73. The zero-order chi connectivity index (χ0) is 14.0. The predicted molar refractivity (Wildman–Crippen MR) is 74.3 cm³/mol. The van der Waals surface area contributed by atoms with E-state index >= 15 is 0 Å². The second-order valence-corrected chi connectivity index (χ2v) is 6.11. The number of alkyl halides is 3. The summed E-state index contributed by atoms with van der Waals surface area (Å²) in [6.07, 6.45) is -2.44. The molecule has 0 amide bonds. The van der Waals surface area contributed by atoms with Gasteiger partial charge in [0.15, 0.2) is 0 Å². The van der Waals surface area contributed by atoms with Crippen LogP contribution in [0.5, 0.6) is 0 Å². The molecule has 0 aromatic carbocycles. The van der Waals surface area contributed by atoms with Crippen molar-refractivity contribution >= 4 is 37.7 Å². The zero-order valence-corrected chi connectivity index (χ0v) is 13.1. The fourth-order valence-corrected chi connectivity index (χ4v) is 3.25. The smallest absolute Gasteiger partial charge is 0.353 e. The first-order valence-corrected chi connectivity index (χ1v) is 7.29. The minimum atomic E-state index is -4.13. The molecule has 0 bridgehead atoms. The van der Waals surface area contributed by atoms with Crippen molar-refractivity contribution in [1.82, 2.24) is 9.88 Å². The van der Waals surface area contributed by atoms with Gasteiger partial charge >= 0.3 is 6.18 Å². The summed E-state index contributed by atoms with van der Waals surface area (Å²) in [6.45, 7) is 1.04. The molecule has 1 saturated heterocycles. The van der Waals surface area contributed by atoms with Crippen LogP contribution in [0.15, 0.2) is 21.2 Å². The third kappa shape index (κ3) is 4.32. The monoisotopic (exact) mass is 401 g/mol. The summed E-state index contributed by atoms with van der Waals surface area (Å²) in [4.78, 5) is 7.70. The number of nitrogens with zero attached hydrogens (tertiary/aromatic N) is 3. The average molecular weight is 403 g/mol. The van der Waals surface area contributed by atoms with Gasteiger partial charge in [0.2, 0.25) is 0 Å². The van der Waals surface area contributed by atoms with Gasteiger partial charge in [0, 0.05) is 36.8 Å². The minimum absolute atomic E-state index is 0.393. The van der Waals surface area contributed by atoms with E-state index in [2.05, 4.69) is 36.8 Å². The van der Waals surface area contributed by atoms with Gasteiger partial charge in [0.25, 0.3) is 0 Å². The lowest BCUT2D eigenvalue weighted by atomic mass is 10.3. The maximum Gasteiger partial charge on any atom is 0.401 e. The molecular formula is C11H12Br2F3N3. The lowest BCUT2D eigenvalue weighted by molar-refractivity contribution is -0.146. The third-order valence-electron chi connectivity index (χ3n) is 2.86. The third-order valence-corrected chi connectivity index (χ3v) is 3.88. The molecule has 2 heterocycles. The van der Waals surface area contributed by atoms with Gasteiger partial charge in [-0.1, -0.05) is 0 Å². The minimum Gasteiger partial charge on any atom is -0.353 e. The van der Waals surface area contributed by atoms with Crippen LogP contribution in [0.1, 0.15) is 0 Å². The first kappa shape index (κ1) is 15.1. The second kappa shape index (κ2) is 5.97. The fraction of sp³-hybridized carbons (Fsp3) is 0.545. The van der Waals surface area contributed by atoms with E-state index in [1.54, 1.807) is 6.20 Å². The Balaban J connectivity index is 1.96. The number of anilines is 1. The van der Waals surface area contributed by atoms with Gasteiger partial charge < -0.3 is 4.90 Å². The Bertz CT molecular complexity index is 445. The normalized spacial score (nSPS) is 17.8. The van der Waals surface area contributed by atoms with Crippen molar-refractivity contribution in [3.8, 4) is 0 Å². The van der Waals surface area contributed by atoms with Gasteiger partial charge in [0.05, 0.1) is 11.0 Å². The van der Waals surface area contributed by atoms with Crippen LogP contribution < -0.4 is 4.90 Å². The summed E-state index contributed by atoms with van der Waals surface area (Å²) >= 11 is 6.74. The molecule has 1 fully saturated rings. The molecule has 0 unspecified atom stereocenters. The lowest BCUT2D eigenvalue weighted by Gasteiger charge is -2.36. The van der Waals surface area contributed by atoms with Crippen LogP contribution in [0.2, 0.25) is 0 Å². The zero-order valence-electron chi connectivity index (χ0n) is 9.92. The highest BCUT2D eigenvalue weighted by Crippen LogP contribution is 2.27. The number of hydrogen-bond donors (Lipinski definition) is 0. The Morgan fingerprint density at radius 2 is 1.79 bits per heavy atom. The van der Waals surface area contributed by atoms with Crippen LogP contribution in [-0.4, -0.2) is 48.8 Å². The Labute approximate surface area is 126 Å². The van der Waals surface area contributed by atoms with E-state index in [1.807, 2.05) is 11.0 Å². The summed E-state index contributed by atoms with van der Waals surface area (Å²) < 4.78 is 38.6. The highest BCUT2D eigenvalue weighted by atomic mass is 79.9. The van der Waals surface area contributed by atoms with Crippen molar-refractivity contribution in [1.29, 1.82) is 0 Å². The topological polar surface area (TPSA) is 19.4 Å². The first-order chi connectivity index (χ1) is 8.85. The van der Waals surface area contributed by atoms with Gasteiger partial charge in [-0.15, -0.1) is 0 Å². The van der Waals surface area contributed by atoms with E-state index in [4.69, 9.17) is 0 Å². The molecule has 1 aromatic rings. The predicted octanol–water partition coefficient (Wildman–Crippen LogP) is 3.29. The molecule has 1 aliphatic rings. The summed E-state index contributed by atoms with van der Waals surface area (Å²) in [5.74, 6) is 0.773. The number of hydrogen-bond acceptors (Lipinski definition) is 3. The van der Waals surface area contributed by atoms with Crippen LogP contribution in [0, 0.1) is 0 Å². The van der Waals surface area contributed by atoms with Crippen LogP contribution in [-0.2, 0) is 0 Å². The average Bonchev–Trinajstić information content (AvgIpc) is 2.28. The molecule has 0 atom stereocenters. The fourth-order valence-electron chi connectivity index (χ4n) is 2.01. The molecule has 106 valence electrons. The van der Waals surface area contributed by atoms with Gasteiger partial charge in [0.1, 0.15) is 5.82 Å². The largest absolute Gasteiger partial charge is 0.401 e. The molecule has 0 aliphatic carbocycles. The Morgan fingerprint density at radius 1 is 1.16 bits per heavy atom. The van der Waals surface area contributed by atoms with Gasteiger partial charge in [-0.2, -0.15) is 13.2 Å². The summed E-state index contributed by atoms with van der Waals surface area (Å²) in [6, 6.07) is 1.88. The molecule has 3 nitrogen and oxygen atoms in total.